The van der Waals surface area contributed by atoms with Crippen LogP contribution in [0.25, 0.3) is 0 Å². The Labute approximate surface area is 116 Å². The zero-order chi connectivity index (χ0) is 13.7. The van der Waals surface area contributed by atoms with Crippen LogP contribution in [0.2, 0.25) is 0 Å². The molecule has 2 rings (SSSR count). The molecule has 0 fully saturated rings. The first-order valence-electron chi connectivity index (χ1n) is 6.94. The van der Waals surface area contributed by atoms with Crippen molar-refractivity contribution in [3.63, 3.8) is 0 Å². The van der Waals surface area contributed by atoms with Gasteiger partial charge in [0.15, 0.2) is 0 Å². The van der Waals surface area contributed by atoms with E-state index in [-0.39, 0.29) is 18.1 Å². The molecule has 0 N–H and O–H groups in total. The molecule has 0 amide bonds. The molecule has 0 aliphatic rings. The summed E-state index contributed by atoms with van der Waals surface area (Å²) in [5.74, 6) is 0.282. The van der Waals surface area contributed by atoms with Gasteiger partial charge in [0.2, 0.25) is 0 Å². The van der Waals surface area contributed by atoms with Crippen LogP contribution < -0.4 is 0 Å². The van der Waals surface area contributed by atoms with E-state index in [1.165, 1.54) is 11.1 Å². The summed E-state index contributed by atoms with van der Waals surface area (Å²) in [4.78, 5) is 0. The highest BCUT2D eigenvalue weighted by atomic mass is 16.5. The Hall–Kier alpha value is -1.60. The second-order valence-corrected chi connectivity index (χ2v) is 5.19. The number of rotatable bonds is 5. The Kier molecular flexibility index (Phi) is 4.75. The molecule has 0 aromatic heterocycles. The molecule has 0 unspecified atom stereocenters. The zero-order valence-electron chi connectivity index (χ0n) is 11.9. The largest absolute Gasteiger partial charge is 0.375 e. The van der Waals surface area contributed by atoms with Crippen LogP contribution >= 0.6 is 0 Å². The van der Waals surface area contributed by atoms with Gasteiger partial charge in [-0.3, -0.25) is 0 Å². The molecular weight excluding hydrogens is 232 g/mol. The minimum Gasteiger partial charge on any atom is -0.375 e. The fourth-order valence-electron chi connectivity index (χ4n) is 2.56. The normalized spacial score (nSPS) is 12.9. The maximum Gasteiger partial charge on any atom is 0.0659 e. The van der Waals surface area contributed by atoms with Crippen molar-refractivity contribution < 1.29 is 4.74 Å². The summed E-state index contributed by atoms with van der Waals surface area (Å²) in [6, 6.07) is 21.2. The maximum absolute atomic E-state index is 6.02. The highest BCUT2D eigenvalue weighted by Gasteiger charge is 2.22. The second-order valence-electron chi connectivity index (χ2n) is 5.19. The molecule has 1 atom stereocenters. The summed E-state index contributed by atoms with van der Waals surface area (Å²) in [7, 11) is 0. The van der Waals surface area contributed by atoms with Crippen LogP contribution in [-0.4, -0.2) is 12.2 Å². The Morgan fingerprint density at radius 3 is 1.47 bits per heavy atom. The lowest BCUT2D eigenvalue weighted by atomic mass is 9.87. The van der Waals surface area contributed by atoms with E-state index in [1.54, 1.807) is 0 Å². The lowest BCUT2D eigenvalue weighted by molar-refractivity contribution is 0.0100. The van der Waals surface area contributed by atoms with Crippen LogP contribution in [0.3, 0.4) is 0 Å². The minimum absolute atomic E-state index is 0.157. The highest BCUT2D eigenvalue weighted by Crippen LogP contribution is 2.30. The molecule has 0 heterocycles. The van der Waals surface area contributed by atoms with E-state index in [0.717, 1.165) is 0 Å². The van der Waals surface area contributed by atoms with Crippen molar-refractivity contribution in [2.75, 3.05) is 0 Å². The summed E-state index contributed by atoms with van der Waals surface area (Å²) in [5.41, 5.74) is 2.61. The summed E-state index contributed by atoms with van der Waals surface area (Å²) >= 11 is 0. The van der Waals surface area contributed by atoms with E-state index in [0.29, 0.717) is 0 Å². The van der Waals surface area contributed by atoms with Gasteiger partial charge in [-0.2, -0.15) is 0 Å². The lowest BCUT2D eigenvalue weighted by Gasteiger charge is -2.27. The molecule has 0 spiro atoms. The molecule has 0 bridgehead atoms. The van der Waals surface area contributed by atoms with E-state index in [2.05, 4.69) is 81.4 Å². The van der Waals surface area contributed by atoms with Gasteiger partial charge in [0.25, 0.3) is 0 Å². The fourth-order valence-corrected chi connectivity index (χ4v) is 2.56. The van der Waals surface area contributed by atoms with E-state index < -0.39 is 0 Å². The first-order chi connectivity index (χ1) is 9.18. The molecule has 1 heteroatoms. The van der Waals surface area contributed by atoms with Crippen LogP contribution in [0.15, 0.2) is 60.7 Å². The van der Waals surface area contributed by atoms with Gasteiger partial charge in [-0.1, -0.05) is 60.7 Å². The van der Waals surface area contributed by atoms with Crippen LogP contribution in [0, 0.1) is 0 Å². The predicted molar refractivity (Wildman–Crippen MR) is 80.4 cm³/mol. The Balaban J connectivity index is 2.34. The first-order valence-corrected chi connectivity index (χ1v) is 6.94. The van der Waals surface area contributed by atoms with Crippen molar-refractivity contribution >= 4 is 0 Å². The van der Waals surface area contributed by atoms with Crippen LogP contribution in [0.5, 0.6) is 0 Å². The number of hydrogen-bond donors (Lipinski definition) is 0. The van der Waals surface area contributed by atoms with Gasteiger partial charge < -0.3 is 4.74 Å². The van der Waals surface area contributed by atoms with Crippen LogP contribution in [0.4, 0.5) is 0 Å². The van der Waals surface area contributed by atoms with Crippen molar-refractivity contribution in [2.24, 2.45) is 0 Å². The van der Waals surface area contributed by atoms with Gasteiger partial charge in [-0.25, -0.2) is 0 Å². The molecular formula is C18H22O. The topological polar surface area (TPSA) is 9.23 Å². The minimum atomic E-state index is 0.157. The summed E-state index contributed by atoms with van der Waals surface area (Å²) < 4.78 is 6.02. The Morgan fingerprint density at radius 1 is 0.684 bits per heavy atom. The second kappa shape index (κ2) is 6.53. The zero-order valence-corrected chi connectivity index (χ0v) is 11.9. The molecule has 1 nitrogen and oxygen atoms in total. The highest BCUT2D eigenvalue weighted by molar-refractivity contribution is 5.33. The SMILES string of the molecule is CC(C)O[C@H](C)C(c1ccccc1)c1ccccc1. The van der Waals surface area contributed by atoms with Gasteiger partial charge in [0.05, 0.1) is 12.2 Å². The predicted octanol–water partition coefficient (Wildman–Crippen LogP) is 4.63. The Bertz CT molecular complexity index is 436. The van der Waals surface area contributed by atoms with E-state index >= 15 is 0 Å². The third-order valence-electron chi connectivity index (χ3n) is 3.27. The van der Waals surface area contributed by atoms with Crippen molar-refractivity contribution in [3.8, 4) is 0 Å². The molecule has 0 aliphatic carbocycles. The van der Waals surface area contributed by atoms with Gasteiger partial charge in [0.1, 0.15) is 0 Å². The molecule has 0 saturated carbocycles. The summed E-state index contributed by atoms with van der Waals surface area (Å²) in [5, 5.41) is 0. The van der Waals surface area contributed by atoms with E-state index in [9.17, 15) is 0 Å². The van der Waals surface area contributed by atoms with Gasteiger partial charge >= 0.3 is 0 Å². The smallest absolute Gasteiger partial charge is 0.0659 e. The van der Waals surface area contributed by atoms with Crippen molar-refractivity contribution in [1.82, 2.24) is 0 Å². The quantitative estimate of drug-likeness (QED) is 0.755. The Morgan fingerprint density at radius 2 is 1.11 bits per heavy atom. The summed E-state index contributed by atoms with van der Waals surface area (Å²) in [6.07, 6.45) is 0.398. The van der Waals surface area contributed by atoms with Crippen LogP contribution in [-0.2, 0) is 4.74 Å². The molecule has 100 valence electrons. The molecule has 0 radical (unpaired) electrons. The average Bonchev–Trinajstić information content (AvgIpc) is 2.40. The van der Waals surface area contributed by atoms with Crippen molar-refractivity contribution in [3.05, 3.63) is 71.8 Å². The number of ether oxygens (including phenoxy) is 1. The van der Waals surface area contributed by atoms with Gasteiger partial charge in [-0.15, -0.1) is 0 Å². The monoisotopic (exact) mass is 254 g/mol. The van der Waals surface area contributed by atoms with Crippen LogP contribution in [0.1, 0.15) is 37.8 Å². The molecule has 2 aromatic carbocycles. The van der Waals surface area contributed by atoms with E-state index in [4.69, 9.17) is 4.74 Å². The first kappa shape index (κ1) is 13.8. The molecule has 19 heavy (non-hydrogen) atoms. The van der Waals surface area contributed by atoms with Crippen molar-refractivity contribution in [1.29, 1.82) is 0 Å². The average molecular weight is 254 g/mol. The maximum atomic E-state index is 6.02. The van der Waals surface area contributed by atoms with E-state index in [1.807, 2.05) is 0 Å². The van der Waals surface area contributed by atoms with Gasteiger partial charge in [-0.05, 0) is 31.9 Å². The van der Waals surface area contributed by atoms with Gasteiger partial charge in [0, 0.05) is 5.92 Å². The third-order valence-corrected chi connectivity index (χ3v) is 3.27. The standard InChI is InChI=1S/C18H22O/c1-14(2)19-15(3)18(16-10-6-4-7-11-16)17-12-8-5-9-13-17/h4-15,18H,1-3H3/t15-/m1/s1. The number of benzene rings is 2. The number of hydrogen-bond acceptors (Lipinski definition) is 1. The molecule has 2 aromatic rings. The van der Waals surface area contributed by atoms with Crippen molar-refractivity contribution in [2.45, 2.75) is 38.9 Å². The molecule has 0 saturated heterocycles. The third kappa shape index (κ3) is 3.68. The lowest BCUT2D eigenvalue weighted by Crippen LogP contribution is -2.23. The fraction of sp³-hybridized carbons (Fsp3) is 0.333. The molecule has 0 aliphatic heterocycles. The summed E-state index contributed by atoms with van der Waals surface area (Å²) in [6.45, 7) is 6.33.